The van der Waals surface area contributed by atoms with E-state index in [1.54, 1.807) is 0 Å². The number of rotatable bonds is 24. The Morgan fingerprint density at radius 1 is 0.357 bits per heavy atom. The molecular weight excluding hydrogens is 374 g/mol. The number of hydrogen-bond acceptors (Lipinski definition) is 10. The van der Waals surface area contributed by atoms with Gasteiger partial charge in [-0.1, -0.05) is 0 Å². The van der Waals surface area contributed by atoms with E-state index in [9.17, 15) is 0 Å². The predicted molar refractivity (Wildman–Crippen MR) is 103 cm³/mol. The van der Waals surface area contributed by atoms with Crippen molar-refractivity contribution < 1.29 is 43.7 Å². The molecule has 0 aliphatic rings. The molecule has 0 bridgehead atoms. The van der Waals surface area contributed by atoms with Crippen molar-refractivity contribution in [1.82, 2.24) is 4.90 Å². The third-order valence-corrected chi connectivity index (χ3v) is 3.48. The van der Waals surface area contributed by atoms with Gasteiger partial charge in [0, 0.05) is 19.6 Å². The summed E-state index contributed by atoms with van der Waals surface area (Å²) in [6.07, 6.45) is 0. The zero-order valence-electron chi connectivity index (χ0n) is 17.0. The Hall–Kier alpha value is -0.400. The summed E-state index contributed by atoms with van der Waals surface area (Å²) in [5, 5.41) is 25.9. The second kappa shape index (κ2) is 24.6. The van der Waals surface area contributed by atoms with Crippen LogP contribution in [-0.4, -0.2) is 139 Å². The minimum atomic E-state index is 0.0177. The molecule has 28 heavy (non-hydrogen) atoms. The fourth-order valence-electron chi connectivity index (χ4n) is 2.08. The molecule has 0 aliphatic carbocycles. The molecule has 170 valence electrons. The number of aliphatic hydroxyl groups excluding tert-OH is 3. The Morgan fingerprint density at radius 2 is 0.607 bits per heavy atom. The van der Waals surface area contributed by atoms with Crippen molar-refractivity contribution in [1.29, 1.82) is 0 Å². The van der Waals surface area contributed by atoms with E-state index in [2.05, 4.69) is 4.90 Å². The van der Waals surface area contributed by atoms with Crippen LogP contribution in [0.15, 0.2) is 0 Å². The van der Waals surface area contributed by atoms with Crippen LogP contribution in [-0.2, 0) is 28.4 Å². The lowest BCUT2D eigenvalue weighted by molar-refractivity contribution is 0.00347. The van der Waals surface area contributed by atoms with Crippen LogP contribution in [0.3, 0.4) is 0 Å². The summed E-state index contributed by atoms with van der Waals surface area (Å²) in [5.74, 6) is 0. The highest BCUT2D eigenvalue weighted by molar-refractivity contribution is 4.57. The zero-order valence-corrected chi connectivity index (χ0v) is 17.0. The molecular formula is C18H39NO9. The van der Waals surface area contributed by atoms with E-state index >= 15 is 0 Å². The Kier molecular flexibility index (Phi) is 24.3. The molecule has 0 amide bonds. The summed E-state index contributed by atoms with van der Waals surface area (Å²) in [7, 11) is 0. The second-order valence-corrected chi connectivity index (χ2v) is 5.69. The largest absolute Gasteiger partial charge is 0.394 e. The van der Waals surface area contributed by atoms with Crippen LogP contribution in [0.1, 0.15) is 0 Å². The fourth-order valence-corrected chi connectivity index (χ4v) is 2.08. The van der Waals surface area contributed by atoms with Crippen LogP contribution in [0.2, 0.25) is 0 Å². The predicted octanol–water partition coefficient (Wildman–Crippen LogP) is -1.64. The summed E-state index contributed by atoms with van der Waals surface area (Å²) in [4.78, 5) is 2.19. The lowest BCUT2D eigenvalue weighted by Crippen LogP contribution is -2.34. The van der Waals surface area contributed by atoms with Crippen LogP contribution in [0.5, 0.6) is 0 Å². The van der Waals surface area contributed by atoms with Gasteiger partial charge < -0.3 is 43.7 Å². The molecule has 0 unspecified atom stereocenters. The summed E-state index contributed by atoms with van der Waals surface area (Å²) in [6, 6.07) is 0. The molecule has 0 heterocycles. The molecule has 10 nitrogen and oxygen atoms in total. The second-order valence-electron chi connectivity index (χ2n) is 5.69. The molecule has 0 fully saturated rings. The van der Waals surface area contributed by atoms with Gasteiger partial charge in [0.05, 0.1) is 99.1 Å². The summed E-state index contributed by atoms with van der Waals surface area (Å²) >= 11 is 0. The van der Waals surface area contributed by atoms with Crippen LogP contribution in [0.25, 0.3) is 0 Å². The molecule has 3 N–H and O–H groups in total. The Morgan fingerprint density at radius 3 is 0.857 bits per heavy atom. The lowest BCUT2D eigenvalue weighted by Gasteiger charge is -2.22. The number of aliphatic hydroxyl groups is 3. The number of nitrogens with zero attached hydrogens (tertiary/aromatic N) is 1. The van der Waals surface area contributed by atoms with E-state index in [-0.39, 0.29) is 19.8 Å². The summed E-state index contributed by atoms with van der Waals surface area (Å²) in [5.41, 5.74) is 0. The highest BCUT2D eigenvalue weighted by atomic mass is 16.5. The highest BCUT2D eigenvalue weighted by Crippen LogP contribution is 1.92. The molecule has 10 heteroatoms. The van der Waals surface area contributed by atoms with Crippen molar-refractivity contribution in [2.24, 2.45) is 0 Å². The zero-order chi connectivity index (χ0) is 20.5. The van der Waals surface area contributed by atoms with E-state index in [0.717, 1.165) is 19.6 Å². The van der Waals surface area contributed by atoms with Crippen LogP contribution in [0.4, 0.5) is 0 Å². The average molecular weight is 414 g/mol. The van der Waals surface area contributed by atoms with E-state index in [1.807, 2.05) is 0 Å². The molecule has 0 atom stereocenters. The molecule has 0 spiro atoms. The molecule has 0 saturated carbocycles. The van der Waals surface area contributed by atoms with E-state index < -0.39 is 0 Å². The van der Waals surface area contributed by atoms with Gasteiger partial charge in [0.1, 0.15) is 0 Å². The molecule has 0 rings (SSSR count). The van der Waals surface area contributed by atoms with E-state index in [1.165, 1.54) is 0 Å². The minimum Gasteiger partial charge on any atom is -0.394 e. The molecule has 0 aromatic carbocycles. The minimum absolute atomic E-state index is 0.0177. The highest BCUT2D eigenvalue weighted by Gasteiger charge is 2.05. The monoisotopic (exact) mass is 413 g/mol. The maximum absolute atomic E-state index is 8.63. The molecule has 0 saturated heterocycles. The fraction of sp³-hybridized carbons (Fsp3) is 1.00. The maximum atomic E-state index is 8.63. The van der Waals surface area contributed by atoms with Crippen LogP contribution < -0.4 is 0 Å². The van der Waals surface area contributed by atoms with Gasteiger partial charge in [0.25, 0.3) is 0 Å². The van der Waals surface area contributed by atoms with E-state index in [4.69, 9.17) is 43.7 Å². The standard InChI is InChI=1S/C18H39NO9/c20-4-10-26-16-13-23-7-1-19(2-8-24-14-17-27-11-5-21)3-9-25-15-18-28-12-6-22/h20-22H,1-18H2. The van der Waals surface area contributed by atoms with Gasteiger partial charge in [-0.05, 0) is 0 Å². The van der Waals surface area contributed by atoms with Gasteiger partial charge in [0.2, 0.25) is 0 Å². The maximum Gasteiger partial charge on any atom is 0.0701 e. The quantitative estimate of drug-likeness (QED) is 0.159. The Balaban J connectivity index is 3.80. The molecule has 0 aliphatic heterocycles. The molecule has 0 aromatic heterocycles. The Labute approximate surface area is 168 Å². The van der Waals surface area contributed by atoms with Crippen molar-refractivity contribution in [3.05, 3.63) is 0 Å². The number of ether oxygens (including phenoxy) is 6. The first-order valence-electron chi connectivity index (χ1n) is 9.86. The first-order valence-corrected chi connectivity index (χ1v) is 9.86. The van der Waals surface area contributed by atoms with Gasteiger partial charge in [-0.25, -0.2) is 0 Å². The van der Waals surface area contributed by atoms with Gasteiger partial charge >= 0.3 is 0 Å². The molecule has 0 aromatic rings. The van der Waals surface area contributed by atoms with Crippen LogP contribution in [0, 0.1) is 0 Å². The van der Waals surface area contributed by atoms with Gasteiger partial charge in [-0.2, -0.15) is 0 Å². The van der Waals surface area contributed by atoms with Crippen molar-refractivity contribution in [3.63, 3.8) is 0 Å². The SMILES string of the molecule is OCCOCCOCCN(CCOCCOCCO)CCOCCOCCO. The molecule has 0 radical (unpaired) electrons. The summed E-state index contributed by atoms with van der Waals surface area (Å²) < 4.78 is 32.0. The van der Waals surface area contributed by atoms with E-state index in [0.29, 0.717) is 79.3 Å². The number of hydrogen-bond donors (Lipinski definition) is 3. The smallest absolute Gasteiger partial charge is 0.0701 e. The third-order valence-electron chi connectivity index (χ3n) is 3.48. The van der Waals surface area contributed by atoms with Crippen molar-refractivity contribution in [2.75, 3.05) is 119 Å². The van der Waals surface area contributed by atoms with Gasteiger partial charge in [-0.3, -0.25) is 4.90 Å². The van der Waals surface area contributed by atoms with Crippen molar-refractivity contribution in [2.45, 2.75) is 0 Å². The average Bonchev–Trinajstić information content (AvgIpc) is 2.71. The van der Waals surface area contributed by atoms with Gasteiger partial charge in [-0.15, -0.1) is 0 Å². The Bertz CT molecular complexity index is 245. The third kappa shape index (κ3) is 21.9. The van der Waals surface area contributed by atoms with Crippen LogP contribution >= 0.6 is 0 Å². The first kappa shape index (κ1) is 27.6. The first-order chi connectivity index (χ1) is 13.8. The topological polar surface area (TPSA) is 119 Å². The van der Waals surface area contributed by atoms with Crippen molar-refractivity contribution in [3.8, 4) is 0 Å². The lowest BCUT2D eigenvalue weighted by atomic mass is 10.4. The van der Waals surface area contributed by atoms with Gasteiger partial charge in [0.15, 0.2) is 0 Å². The van der Waals surface area contributed by atoms with Crippen molar-refractivity contribution >= 4 is 0 Å². The normalized spacial score (nSPS) is 11.6. The summed E-state index contributed by atoms with van der Waals surface area (Å²) in [6.45, 7) is 7.86.